The van der Waals surface area contributed by atoms with Crippen molar-refractivity contribution in [1.82, 2.24) is 4.90 Å². The number of rotatable bonds is 11. The third-order valence-electron chi connectivity index (χ3n) is 2.32. The summed E-state index contributed by atoms with van der Waals surface area (Å²) >= 11 is 0. The number of hydrogen-bond donors (Lipinski definition) is 0. The summed E-state index contributed by atoms with van der Waals surface area (Å²) in [5, 5.41) is 0. The summed E-state index contributed by atoms with van der Waals surface area (Å²) in [6.07, 6.45) is 0.659. The summed E-state index contributed by atoms with van der Waals surface area (Å²) in [5.74, 6) is -0.175. The average Bonchev–Trinajstić information content (AvgIpc) is 2.31. The van der Waals surface area contributed by atoms with Gasteiger partial charge in [-0.05, 0) is 27.8 Å². The van der Waals surface area contributed by atoms with Gasteiger partial charge in [-0.2, -0.15) is 0 Å². The third-order valence-corrected chi connectivity index (χ3v) is 2.32. The number of carbonyl (C=O) groups excluding carboxylic acids is 1. The molecule has 0 radical (unpaired) electrons. The Morgan fingerprint density at radius 2 is 1.89 bits per heavy atom. The van der Waals surface area contributed by atoms with Crippen LogP contribution < -0.4 is 0 Å². The molecule has 0 aromatic carbocycles. The van der Waals surface area contributed by atoms with Crippen LogP contribution in [0.2, 0.25) is 0 Å². The summed E-state index contributed by atoms with van der Waals surface area (Å²) in [5.41, 5.74) is 0. The van der Waals surface area contributed by atoms with Crippen LogP contribution in [-0.2, 0) is 19.0 Å². The molecule has 0 spiro atoms. The van der Waals surface area contributed by atoms with Gasteiger partial charge >= 0.3 is 5.97 Å². The van der Waals surface area contributed by atoms with Crippen LogP contribution in [0.4, 0.5) is 0 Å². The van der Waals surface area contributed by atoms with Crippen molar-refractivity contribution in [2.24, 2.45) is 0 Å². The van der Waals surface area contributed by atoms with Crippen LogP contribution in [-0.4, -0.2) is 63.5 Å². The first-order chi connectivity index (χ1) is 8.56. The quantitative estimate of drug-likeness (QED) is 0.414. The molecule has 0 bridgehead atoms. The van der Waals surface area contributed by atoms with Gasteiger partial charge in [0.1, 0.15) is 6.61 Å². The van der Waals surface area contributed by atoms with Crippen LogP contribution in [0.3, 0.4) is 0 Å². The Bertz CT molecular complexity index is 209. The average molecular weight is 261 g/mol. The van der Waals surface area contributed by atoms with E-state index in [0.717, 1.165) is 6.54 Å². The second kappa shape index (κ2) is 11.4. The zero-order valence-electron chi connectivity index (χ0n) is 12.1. The van der Waals surface area contributed by atoms with Crippen LogP contribution in [0, 0.1) is 0 Å². The second-order valence-corrected chi connectivity index (χ2v) is 4.39. The molecule has 18 heavy (non-hydrogen) atoms. The van der Waals surface area contributed by atoms with Crippen LogP contribution in [0.25, 0.3) is 0 Å². The molecule has 0 amide bonds. The molecule has 0 saturated heterocycles. The van der Waals surface area contributed by atoms with Crippen molar-refractivity contribution in [1.29, 1.82) is 0 Å². The first-order valence-electron chi connectivity index (χ1n) is 6.59. The molecule has 0 aromatic rings. The number of esters is 1. The molecule has 0 aliphatic heterocycles. The standard InChI is InChI=1S/C13H27NO4/c1-5-16-10-11-18-13(15)6-7-14(4)8-9-17-12(2)3/h12H,5-11H2,1-4H3. The van der Waals surface area contributed by atoms with E-state index >= 15 is 0 Å². The number of ether oxygens (including phenoxy) is 3. The van der Waals surface area contributed by atoms with Crippen molar-refractivity contribution in [2.45, 2.75) is 33.3 Å². The predicted molar refractivity (Wildman–Crippen MR) is 70.7 cm³/mol. The highest BCUT2D eigenvalue weighted by atomic mass is 16.6. The van der Waals surface area contributed by atoms with Gasteiger partial charge in [-0.1, -0.05) is 0 Å². The third kappa shape index (κ3) is 11.8. The monoisotopic (exact) mass is 261 g/mol. The van der Waals surface area contributed by atoms with Crippen molar-refractivity contribution < 1.29 is 19.0 Å². The highest BCUT2D eigenvalue weighted by Gasteiger charge is 2.06. The minimum absolute atomic E-state index is 0.175. The molecule has 5 heteroatoms. The number of likely N-dealkylation sites (N-methyl/N-ethyl adjacent to an activating group) is 1. The molecule has 0 atom stereocenters. The molecule has 0 aromatic heterocycles. The molecule has 0 heterocycles. The van der Waals surface area contributed by atoms with Gasteiger partial charge in [0.05, 0.1) is 25.7 Å². The maximum absolute atomic E-state index is 11.4. The van der Waals surface area contributed by atoms with E-state index in [1.54, 1.807) is 0 Å². The number of carbonyl (C=O) groups is 1. The van der Waals surface area contributed by atoms with E-state index in [-0.39, 0.29) is 12.1 Å². The van der Waals surface area contributed by atoms with Gasteiger partial charge in [-0.3, -0.25) is 4.79 Å². The molecular weight excluding hydrogens is 234 g/mol. The van der Waals surface area contributed by atoms with Crippen LogP contribution in [0.1, 0.15) is 27.2 Å². The van der Waals surface area contributed by atoms with Gasteiger partial charge in [0.2, 0.25) is 0 Å². The van der Waals surface area contributed by atoms with Crippen LogP contribution >= 0.6 is 0 Å². The summed E-state index contributed by atoms with van der Waals surface area (Å²) < 4.78 is 15.5. The van der Waals surface area contributed by atoms with E-state index in [9.17, 15) is 4.79 Å². The van der Waals surface area contributed by atoms with Crippen LogP contribution in [0.5, 0.6) is 0 Å². The Kier molecular flexibility index (Phi) is 11.0. The summed E-state index contributed by atoms with van der Waals surface area (Å²) in [6.45, 7) is 9.59. The van der Waals surface area contributed by atoms with Crippen molar-refractivity contribution in [3.63, 3.8) is 0 Å². The highest BCUT2D eigenvalue weighted by molar-refractivity contribution is 5.69. The van der Waals surface area contributed by atoms with Gasteiger partial charge in [-0.25, -0.2) is 0 Å². The lowest BCUT2D eigenvalue weighted by Gasteiger charge is -2.17. The smallest absolute Gasteiger partial charge is 0.307 e. The molecule has 0 rings (SSSR count). The highest BCUT2D eigenvalue weighted by Crippen LogP contribution is 1.93. The first-order valence-corrected chi connectivity index (χ1v) is 6.59. The van der Waals surface area contributed by atoms with Gasteiger partial charge in [0.15, 0.2) is 0 Å². The van der Waals surface area contributed by atoms with Gasteiger partial charge in [0, 0.05) is 19.7 Å². The Morgan fingerprint density at radius 3 is 2.50 bits per heavy atom. The maximum Gasteiger partial charge on any atom is 0.307 e. The number of hydrogen-bond acceptors (Lipinski definition) is 5. The van der Waals surface area contributed by atoms with E-state index in [0.29, 0.717) is 39.4 Å². The van der Waals surface area contributed by atoms with Gasteiger partial charge < -0.3 is 19.1 Å². The van der Waals surface area contributed by atoms with E-state index < -0.39 is 0 Å². The Morgan fingerprint density at radius 1 is 1.17 bits per heavy atom. The second-order valence-electron chi connectivity index (χ2n) is 4.39. The summed E-state index contributed by atoms with van der Waals surface area (Å²) in [7, 11) is 1.97. The summed E-state index contributed by atoms with van der Waals surface area (Å²) in [6, 6.07) is 0. The lowest BCUT2D eigenvalue weighted by Crippen LogP contribution is -2.27. The maximum atomic E-state index is 11.4. The zero-order valence-corrected chi connectivity index (χ0v) is 12.1. The molecule has 5 nitrogen and oxygen atoms in total. The molecular formula is C13H27NO4. The van der Waals surface area contributed by atoms with E-state index in [4.69, 9.17) is 14.2 Å². The fourth-order valence-electron chi connectivity index (χ4n) is 1.27. The topological polar surface area (TPSA) is 48.0 Å². The van der Waals surface area contributed by atoms with Crippen LogP contribution in [0.15, 0.2) is 0 Å². The minimum atomic E-state index is -0.175. The lowest BCUT2D eigenvalue weighted by atomic mass is 10.4. The fraction of sp³-hybridized carbons (Fsp3) is 0.923. The number of nitrogens with zero attached hydrogens (tertiary/aromatic N) is 1. The first kappa shape index (κ1) is 17.4. The van der Waals surface area contributed by atoms with Crippen molar-refractivity contribution in [3.8, 4) is 0 Å². The normalized spacial score (nSPS) is 11.2. The van der Waals surface area contributed by atoms with E-state index in [1.165, 1.54) is 0 Å². The minimum Gasteiger partial charge on any atom is -0.463 e. The molecule has 0 saturated carbocycles. The SMILES string of the molecule is CCOCCOC(=O)CCN(C)CCOC(C)C. The van der Waals surface area contributed by atoms with E-state index in [1.807, 2.05) is 27.8 Å². The van der Waals surface area contributed by atoms with Crippen molar-refractivity contribution in [3.05, 3.63) is 0 Å². The molecule has 108 valence electrons. The Labute approximate surface area is 110 Å². The molecule has 0 aliphatic carbocycles. The van der Waals surface area contributed by atoms with Gasteiger partial charge in [0.25, 0.3) is 0 Å². The van der Waals surface area contributed by atoms with Crippen molar-refractivity contribution >= 4 is 5.97 Å². The fourth-order valence-corrected chi connectivity index (χ4v) is 1.27. The van der Waals surface area contributed by atoms with E-state index in [2.05, 4.69) is 4.90 Å². The Balaban J connectivity index is 3.41. The zero-order chi connectivity index (χ0) is 13.8. The Hall–Kier alpha value is -0.650. The largest absolute Gasteiger partial charge is 0.463 e. The molecule has 0 unspecified atom stereocenters. The van der Waals surface area contributed by atoms with Gasteiger partial charge in [-0.15, -0.1) is 0 Å². The summed E-state index contributed by atoms with van der Waals surface area (Å²) in [4.78, 5) is 13.4. The molecule has 0 aliphatic rings. The van der Waals surface area contributed by atoms with Crippen molar-refractivity contribution in [2.75, 3.05) is 46.6 Å². The molecule has 0 fully saturated rings. The molecule has 0 N–H and O–H groups in total. The predicted octanol–water partition coefficient (Wildman–Crippen LogP) is 1.31. The lowest BCUT2D eigenvalue weighted by molar-refractivity contribution is -0.145.